The van der Waals surface area contributed by atoms with Crippen LogP contribution in [0.15, 0.2) is 47.4 Å². The smallest absolute Gasteiger partial charge is 0.247 e. The molecule has 156 valence electrons. The van der Waals surface area contributed by atoms with E-state index in [4.69, 9.17) is 4.74 Å². The zero-order valence-electron chi connectivity index (χ0n) is 16.5. The SMILES string of the molecule is CCN(CC(=O)N[C@@H]1CCCc2ccccc21)S(=O)(=O)c1cc(F)ccc1OC. The summed E-state index contributed by atoms with van der Waals surface area (Å²) >= 11 is 0. The molecule has 8 heteroatoms. The van der Waals surface area contributed by atoms with E-state index in [-0.39, 0.29) is 29.8 Å². The van der Waals surface area contributed by atoms with Crippen LogP contribution >= 0.6 is 0 Å². The zero-order valence-corrected chi connectivity index (χ0v) is 17.3. The number of nitrogens with one attached hydrogen (secondary N) is 1. The predicted molar refractivity (Wildman–Crippen MR) is 108 cm³/mol. The minimum Gasteiger partial charge on any atom is -0.495 e. The highest BCUT2D eigenvalue weighted by atomic mass is 32.2. The molecule has 0 saturated carbocycles. The monoisotopic (exact) mass is 420 g/mol. The maximum Gasteiger partial charge on any atom is 0.247 e. The molecule has 1 N–H and O–H groups in total. The van der Waals surface area contributed by atoms with Crippen molar-refractivity contribution in [2.45, 2.75) is 37.1 Å². The quantitative estimate of drug-likeness (QED) is 0.747. The fraction of sp³-hybridized carbons (Fsp3) is 0.381. The molecule has 0 aromatic heterocycles. The number of benzene rings is 2. The molecule has 0 heterocycles. The highest BCUT2D eigenvalue weighted by molar-refractivity contribution is 7.89. The molecule has 0 saturated heterocycles. The van der Waals surface area contributed by atoms with Crippen LogP contribution in [0, 0.1) is 5.82 Å². The Balaban J connectivity index is 1.78. The van der Waals surface area contributed by atoms with Crippen LogP contribution in [-0.4, -0.2) is 38.8 Å². The summed E-state index contributed by atoms with van der Waals surface area (Å²) < 4.78 is 45.8. The summed E-state index contributed by atoms with van der Waals surface area (Å²) in [4.78, 5) is 12.4. The maximum absolute atomic E-state index is 13.7. The van der Waals surface area contributed by atoms with Gasteiger partial charge in [0.25, 0.3) is 0 Å². The number of halogens is 1. The van der Waals surface area contributed by atoms with Gasteiger partial charge in [-0.25, -0.2) is 12.8 Å². The van der Waals surface area contributed by atoms with Gasteiger partial charge >= 0.3 is 0 Å². The van der Waals surface area contributed by atoms with E-state index < -0.39 is 21.7 Å². The van der Waals surface area contributed by atoms with Gasteiger partial charge < -0.3 is 10.1 Å². The summed E-state index contributed by atoms with van der Waals surface area (Å²) in [6, 6.07) is 11.1. The van der Waals surface area contributed by atoms with Crippen molar-refractivity contribution in [3.63, 3.8) is 0 Å². The van der Waals surface area contributed by atoms with Gasteiger partial charge in [-0.15, -0.1) is 0 Å². The molecule has 3 rings (SSSR count). The predicted octanol–water partition coefficient (Wildman–Crippen LogP) is 3.04. The van der Waals surface area contributed by atoms with E-state index in [1.165, 1.54) is 18.7 Å². The lowest BCUT2D eigenvalue weighted by atomic mass is 9.88. The van der Waals surface area contributed by atoms with Gasteiger partial charge in [-0.1, -0.05) is 31.2 Å². The Morgan fingerprint density at radius 3 is 2.76 bits per heavy atom. The van der Waals surface area contributed by atoms with E-state index in [2.05, 4.69) is 5.32 Å². The number of carbonyl (C=O) groups is 1. The minimum absolute atomic E-state index is 0.0338. The van der Waals surface area contributed by atoms with Crippen molar-refractivity contribution in [2.75, 3.05) is 20.2 Å². The summed E-state index contributed by atoms with van der Waals surface area (Å²) in [5.41, 5.74) is 2.28. The van der Waals surface area contributed by atoms with Crippen molar-refractivity contribution in [3.05, 3.63) is 59.4 Å². The maximum atomic E-state index is 13.7. The minimum atomic E-state index is -4.11. The van der Waals surface area contributed by atoms with E-state index >= 15 is 0 Å². The molecule has 1 amide bonds. The van der Waals surface area contributed by atoms with Crippen molar-refractivity contribution in [1.29, 1.82) is 0 Å². The molecule has 0 unspecified atom stereocenters. The van der Waals surface area contributed by atoms with E-state index in [9.17, 15) is 17.6 Å². The second kappa shape index (κ2) is 8.92. The number of aryl methyl sites for hydroxylation is 1. The number of ether oxygens (including phenoxy) is 1. The van der Waals surface area contributed by atoms with Gasteiger partial charge in [-0.05, 0) is 48.6 Å². The molecule has 0 spiro atoms. The van der Waals surface area contributed by atoms with Crippen molar-refractivity contribution in [3.8, 4) is 5.75 Å². The number of amides is 1. The third kappa shape index (κ3) is 4.59. The van der Waals surface area contributed by atoms with Crippen LogP contribution < -0.4 is 10.1 Å². The first kappa shape index (κ1) is 21.3. The third-order valence-electron chi connectivity index (χ3n) is 5.12. The number of sulfonamides is 1. The van der Waals surface area contributed by atoms with Crippen LogP contribution in [0.25, 0.3) is 0 Å². The standard InChI is InChI=1S/C21H25FN2O4S/c1-3-24(29(26,27)20-13-16(22)11-12-19(20)28-2)14-21(25)23-18-10-6-8-15-7-4-5-9-17(15)18/h4-5,7,9,11-13,18H,3,6,8,10,14H2,1-2H3,(H,23,25)/t18-/m1/s1. The van der Waals surface area contributed by atoms with Gasteiger partial charge in [-0.2, -0.15) is 4.31 Å². The van der Waals surface area contributed by atoms with E-state index in [1.807, 2.05) is 24.3 Å². The second-order valence-corrected chi connectivity index (χ2v) is 8.84. The Bertz CT molecular complexity index is 994. The Hall–Kier alpha value is -2.45. The molecular weight excluding hydrogens is 395 g/mol. The molecule has 1 aliphatic rings. The molecule has 0 fully saturated rings. The molecule has 0 aliphatic heterocycles. The van der Waals surface area contributed by atoms with Crippen molar-refractivity contribution in [1.82, 2.24) is 9.62 Å². The van der Waals surface area contributed by atoms with Crippen LogP contribution in [0.5, 0.6) is 5.75 Å². The summed E-state index contributed by atoms with van der Waals surface area (Å²) in [5, 5.41) is 2.95. The third-order valence-corrected chi connectivity index (χ3v) is 7.06. The van der Waals surface area contributed by atoms with E-state index in [1.54, 1.807) is 6.92 Å². The number of methoxy groups -OCH3 is 1. The lowest BCUT2D eigenvalue weighted by molar-refractivity contribution is -0.122. The highest BCUT2D eigenvalue weighted by Crippen LogP contribution is 2.30. The second-order valence-electron chi connectivity index (χ2n) is 6.94. The lowest BCUT2D eigenvalue weighted by Gasteiger charge is -2.28. The van der Waals surface area contributed by atoms with Gasteiger partial charge in [0.15, 0.2) is 0 Å². The summed E-state index contributed by atoms with van der Waals surface area (Å²) in [6.07, 6.45) is 2.73. The molecule has 29 heavy (non-hydrogen) atoms. The molecule has 6 nitrogen and oxygen atoms in total. The number of carbonyl (C=O) groups excluding carboxylic acids is 1. The molecule has 1 atom stereocenters. The van der Waals surface area contributed by atoms with Gasteiger partial charge in [0, 0.05) is 6.54 Å². The van der Waals surface area contributed by atoms with Gasteiger partial charge in [0.05, 0.1) is 19.7 Å². The molecule has 2 aromatic carbocycles. The fourth-order valence-electron chi connectivity index (χ4n) is 3.66. The van der Waals surface area contributed by atoms with Gasteiger partial charge in [-0.3, -0.25) is 4.79 Å². The van der Waals surface area contributed by atoms with Gasteiger partial charge in [0.2, 0.25) is 15.9 Å². The number of hydrogen-bond donors (Lipinski definition) is 1. The van der Waals surface area contributed by atoms with E-state index in [0.29, 0.717) is 0 Å². The molecule has 2 aromatic rings. The normalized spacial score (nSPS) is 16.3. The van der Waals surface area contributed by atoms with Crippen LogP contribution in [0.4, 0.5) is 4.39 Å². The first-order chi connectivity index (χ1) is 13.9. The number of likely N-dealkylation sites (N-methyl/N-ethyl adjacent to an activating group) is 1. The Morgan fingerprint density at radius 1 is 1.28 bits per heavy atom. The topological polar surface area (TPSA) is 75.7 Å². The molecule has 0 radical (unpaired) electrons. The zero-order chi connectivity index (χ0) is 21.0. The first-order valence-electron chi connectivity index (χ1n) is 9.57. The molecular formula is C21H25FN2O4S. The Labute approximate surface area is 170 Å². The van der Waals surface area contributed by atoms with Crippen molar-refractivity contribution < 1.29 is 22.3 Å². The first-order valence-corrected chi connectivity index (χ1v) is 11.0. The lowest BCUT2D eigenvalue weighted by Crippen LogP contribution is -2.42. The molecule has 0 bridgehead atoms. The highest BCUT2D eigenvalue weighted by Gasteiger charge is 2.30. The summed E-state index contributed by atoms with van der Waals surface area (Å²) in [7, 11) is -2.79. The number of rotatable bonds is 7. The largest absolute Gasteiger partial charge is 0.495 e. The number of hydrogen-bond acceptors (Lipinski definition) is 4. The van der Waals surface area contributed by atoms with Crippen LogP contribution in [-0.2, 0) is 21.2 Å². The van der Waals surface area contributed by atoms with Crippen molar-refractivity contribution in [2.24, 2.45) is 0 Å². The van der Waals surface area contributed by atoms with E-state index in [0.717, 1.165) is 41.3 Å². The van der Waals surface area contributed by atoms with Crippen LogP contribution in [0.3, 0.4) is 0 Å². The van der Waals surface area contributed by atoms with Crippen LogP contribution in [0.2, 0.25) is 0 Å². The van der Waals surface area contributed by atoms with Crippen LogP contribution in [0.1, 0.15) is 36.9 Å². The average molecular weight is 421 g/mol. The summed E-state index contributed by atoms with van der Waals surface area (Å²) in [6.45, 7) is 1.35. The van der Waals surface area contributed by atoms with Gasteiger partial charge in [0.1, 0.15) is 16.5 Å². The number of nitrogens with zero attached hydrogens (tertiary/aromatic N) is 1. The summed E-state index contributed by atoms with van der Waals surface area (Å²) in [5.74, 6) is -1.05. The number of fused-ring (bicyclic) bond motifs is 1. The van der Waals surface area contributed by atoms with Crippen molar-refractivity contribution >= 4 is 15.9 Å². The Kier molecular flexibility index (Phi) is 6.54. The molecule has 1 aliphatic carbocycles. The Morgan fingerprint density at radius 2 is 2.03 bits per heavy atom. The average Bonchev–Trinajstić information content (AvgIpc) is 2.72. The fourth-order valence-corrected chi connectivity index (χ4v) is 5.23.